The highest BCUT2D eigenvalue weighted by molar-refractivity contribution is 6.33. The van der Waals surface area contributed by atoms with Gasteiger partial charge in [0.1, 0.15) is 5.02 Å². The predicted molar refractivity (Wildman–Crippen MR) is 83.8 cm³/mol. The van der Waals surface area contributed by atoms with Gasteiger partial charge < -0.3 is 4.90 Å². The molecular formula is C14H20ClN5O. The van der Waals surface area contributed by atoms with Crippen molar-refractivity contribution in [1.29, 1.82) is 0 Å². The van der Waals surface area contributed by atoms with E-state index >= 15 is 0 Å². The molecule has 114 valence electrons. The average Bonchev–Trinajstić information content (AvgIpc) is 2.76. The molecule has 0 unspecified atom stereocenters. The van der Waals surface area contributed by atoms with Crippen LogP contribution in [0.5, 0.6) is 0 Å². The first kappa shape index (κ1) is 15.6. The van der Waals surface area contributed by atoms with Crippen molar-refractivity contribution < 1.29 is 0 Å². The van der Waals surface area contributed by atoms with Crippen LogP contribution in [0.1, 0.15) is 26.5 Å². The van der Waals surface area contributed by atoms with Crippen LogP contribution >= 0.6 is 11.6 Å². The molecule has 0 saturated carbocycles. The van der Waals surface area contributed by atoms with Crippen molar-refractivity contribution in [3.63, 3.8) is 0 Å². The summed E-state index contributed by atoms with van der Waals surface area (Å²) in [5.41, 5.74) is 0.817. The van der Waals surface area contributed by atoms with Crippen LogP contribution in [0, 0.1) is 0 Å². The van der Waals surface area contributed by atoms with Crippen molar-refractivity contribution in [3.8, 4) is 0 Å². The molecule has 6 nitrogen and oxygen atoms in total. The van der Waals surface area contributed by atoms with Gasteiger partial charge in [0.2, 0.25) is 0 Å². The van der Waals surface area contributed by atoms with Gasteiger partial charge in [-0.1, -0.05) is 11.6 Å². The minimum atomic E-state index is -0.404. The Morgan fingerprint density at radius 3 is 2.57 bits per heavy atom. The van der Waals surface area contributed by atoms with E-state index < -0.39 is 5.54 Å². The first-order chi connectivity index (χ1) is 9.70. The molecule has 0 amide bonds. The number of hydrogen-bond donors (Lipinski definition) is 0. The molecule has 2 aromatic heterocycles. The summed E-state index contributed by atoms with van der Waals surface area (Å²) in [6.45, 7) is 6.29. The van der Waals surface area contributed by atoms with Crippen LogP contribution in [0.15, 0.2) is 23.3 Å². The minimum Gasteiger partial charge on any atom is -0.366 e. The van der Waals surface area contributed by atoms with Crippen LogP contribution in [0.4, 0.5) is 5.69 Å². The lowest BCUT2D eigenvalue weighted by Gasteiger charge is -2.24. The summed E-state index contributed by atoms with van der Waals surface area (Å²) in [4.78, 5) is 14.2. The Kier molecular flexibility index (Phi) is 4.09. The minimum absolute atomic E-state index is 0.179. The molecule has 0 N–H and O–H groups in total. The highest BCUT2D eigenvalue weighted by atomic mass is 35.5. The van der Waals surface area contributed by atoms with Crippen molar-refractivity contribution in [2.45, 2.75) is 32.9 Å². The maximum Gasteiger partial charge on any atom is 0.288 e. The molecule has 2 aromatic rings. The summed E-state index contributed by atoms with van der Waals surface area (Å²) in [6.07, 6.45) is 3.50. The number of aryl methyl sites for hydroxylation is 1. The van der Waals surface area contributed by atoms with Crippen LogP contribution in [0.3, 0.4) is 0 Å². The lowest BCUT2D eigenvalue weighted by molar-refractivity contribution is 0.338. The molecule has 0 aliphatic heterocycles. The van der Waals surface area contributed by atoms with Crippen molar-refractivity contribution in [3.05, 3.63) is 39.5 Å². The van der Waals surface area contributed by atoms with Crippen molar-refractivity contribution in [1.82, 2.24) is 19.6 Å². The van der Waals surface area contributed by atoms with E-state index in [-0.39, 0.29) is 10.6 Å². The normalized spacial score (nSPS) is 11.7. The zero-order chi connectivity index (χ0) is 15.8. The lowest BCUT2D eigenvalue weighted by Crippen LogP contribution is -2.37. The highest BCUT2D eigenvalue weighted by Crippen LogP contribution is 2.22. The Labute approximate surface area is 128 Å². The van der Waals surface area contributed by atoms with E-state index in [1.165, 1.54) is 4.68 Å². The Morgan fingerprint density at radius 2 is 2.05 bits per heavy atom. The fourth-order valence-electron chi connectivity index (χ4n) is 2.04. The average molecular weight is 310 g/mol. The number of halogens is 1. The van der Waals surface area contributed by atoms with E-state index in [4.69, 9.17) is 11.6 Å². The first-order valence-corrected chi connectivity index (χ1v) is 7.06. The number of rotatable bonds is 3. The van der Waals surface area contributed by atoms with Crippen molar-refractivity contribution in [2.24, 2.45) is 7.05 Å². The van der Waals surface area contributed by atoms with Crippen LogP contribution < -0.4 is 10.5 Å². The van der Waals surface area contributed by atoms with Gasteiger partial charge in [-0.15, -0.1) is 0 Å². The second-order valence-electron chi connectivity index (χ2n) is 6.07. The summed E-state index contributed by atoms with van der Waals surface area (Å²) >= 11 is 6.23. The molecule has 7 heteroatoms. The highest BCUT2D eigenvalue weighted by Gasteiger charge is 2.20. The molecule has 0 bridgehead atoms. The smallest absolute Gasteiger partial charge is 0.288 e. The van der Waals surface area contributed by atoms with Crippen LogP contribution in [-0.4, -0.2) is 26.6 Å². The topological polar surface area (TPSA) is 56.0 Å². The van der Waals surface area contributed by atoms with Gasteiger partial charge in [-0.2, -0.15) is 10.2 Å². The third kappa shape index (κ3) is 3.26. The maximum absolute atomic E-state index is 12.3. The zero-order valence-electron chi connectivity index (χ0n) is 13.0. The van der Waals surface area contributed by atoms with Gasteiger partial charge in [0.15, 0.2) is 0 Å². The number of hydrogen-bond acceptors (Lipinski definition) is 4. The van der Waals surface area contributed by atoms with Gasteiger partial charge >= 0.3 is 0 Å². The third-order valence-electron chi connectivity index (χ3n) is 3.12. The largest absolute Gasteiger partial charge is 0.366 e. The van der Waals surface area contributed by atoms with E-state index in [1.807, 2.05) is 52.0 Å². The molecule has 0 aliphatic carbocycles. The molecule has 0 radical (unpaired) electrons. The van der Waals surface area contributed by atoms with Gasteiger partial charge in [-0.05, 0) is 26.8 Å². The number of anilines is 1. The van der Waals surface area contributed by atoms with Crippen LogP contribution in [0.25, 0.3) is 0 Å². The fourth-order valence-corrected chi connectivity index (χ4v) is 2.32. The molecular weight excluding hydrogens is 290 g/mol. The summed E-state index contributed by atoms with van der Waals surface area (Å²) in [7, 11) is 3.72. The maximum atomic E-state index is 12.3. The van der Waals surface area contributed by atoms with Gasteiger partial charge in [-0.25, -0.2) is 4.68 Å². The molecule has 21 heavy (non-hydrogen) atoms. The molecule has 2 heterocycles. The molecule has 0 fully saturated rings. The summed E-state index contributed by atoms with van der Waals surface area (Å²) < 4.78 is 3.13. The third-order valence-corrected chi connectivity index (χ3v) is 3.47. The molecule has 2 rings (SSSR count). The van der Waals surface area contributed by atoms with Crippen molar-refractivity contribution >= 4 is 17.3 Å². The van der Waals surface area contributed by atoms with Gasteiger partial charge in [0.25, 0.3) is 5.56 Å². The lowest BCUT2D eigenvalue weighted by atomic mass is 10.1. The number of nitrogens with zero attached hydrogens (tertiary/aromatic N) is 5. The van der Waals surface area contributed by atoms with Gasteiger partial charge in [-0.3, -0.25) is 9.48 Å². The Balaban J connectivity index is 2.32. The summed E-state index contributed by atoms with van der Waals surface area (Å²) in [5.74, 6) is 0. The Hall–Kier alpha value is -1.82. The molecule has 0 saturated heterocycles. The fraction of sp³-hybridized carbons (Fsp3) is 0.500. The Morgan fingerprint density at radius 1 is 1.38 bits per heavy atom. The molecule has 0 spiro atoms. The van der Waals surface area contributed by atoms with Gasteiger partial charge in [0, 0.05) is 20.3 Å². The summed E-state index contributed by atoms with van der Waals surface area (Å²) in [5, 5.41) is 8.72. The molecule has 0 aliphatic rings. The van der Waals surface area contributed by atoms with Crippen LogP contribution in [-0.2, 0) is 19.1 Å². The molecule has 0 atom stereocenters. The quantitative estimate of drug-likeness (QED) is 0.870. The van der Waals surface area contributed by atoms with Crippen LogP contribution in [0.2, 0.25) is 5.02 Å². The predicted octanol–water partition coefficient (Wildman–Crippen LogP) is 2.02. The number of aromatic nitrogens is 4. The van der Waals surface area contributed by atoms with E-state index in [1.54, 1.807) is 10.9 Å². The summed E-state index contributed by atoms with van der Waals surface area (Å²) in [6, 6.07) is 1.92. The molecule has 0 aromatic carbocycles. The van der Waals surface area contributed by atoms with Crippen molar-refractivity contribution in [2.75, 3.05) is 11.9 Å². The second-order valence-corrected chi connectivity index (χ2v) is 6.45. The SMILES string of the molecule is CN(Cc1ccn(C)n1)c1cnn(C(C)(C)C)c(=O)c1Cl. The van der Waals surface area contributed by atoms with E-state index in [9.17, 15) is 4.79 Å². The van der Waals surface area contributed by atoms with E-state index in [0.29, 0.717) is 12.2 Å². The zero-order valence-corrected chi connectivity index (χ0v) is 13.7. The van der Waals surface area contributed by atoms with Gasteiger partial charge in [0.05, 0.1) is 29.7 Å². The van der Waals surface area contributed by atoms with E-state index in [0.717, 1.165) is 5.69 Å². The standard InChI is InChI=1S/C14H20ClN5O/c1-14(2,3)20-13(21)12(15)11(8-16-20)18(4)9-10-6-7-19(5)17-10/h6-8H,9H2,1-5H3. The first-order valence-electron chi connectivity index (χ1n) is 6.68. The van der Waals surface area contributed by atoms with E-state index in [2.05, 4.69) is 10.2 Å². The Bertz CT molecular complexity index is 698. The monoisotopic (exact) mass is 309 g/mol. The second kappa shape index (κ2) is 5.52.